The highest BCUT2D eigenvalue weighted by Gasteiger charge is 2.18. The van der Waals surface area contributed by atoms with Gasteiger partial charge < -0.3 is 5.73 Å². The summed E-state index contributed by atoms with van der Waals surface area (Å²) in [5.74, 6) is 0. The van der Waals surface area contributed by atoms with Gasteiger partial charge in [-0.05, 0) is 65.2 Å². The lowest BCUT2D eigenvalue weighted by Crippen LogP contribution is -2.14. The highest BCUT2D eigenvalue weighted by atomic mass is 79.9. The van der Waals surface area contributed by atoms with Crippen LogP contribution in [0.15, 0.2) is 39.7 Å². The Labute approximate surface area is 137 Å². The molecular weight excluding hydrogens is 376 g/mol. The van der Waals surface area contributed by atoms with Gasteiger partial charge in [0.15, 0.2) is 0 Å². The molecule has 0 aromatic heterocycles. The van der Waals surface area contributed by atoms with Gasteiger partial charge >= 0.3 is 0 Å². The predicted octanol–water partition coefficient (Wildman–Crippen LogP) is 4.10. The highest BCUT2D eigenvalue weighted by molar-refractivity contribution is 9.10. The monoisotopic (exact) mass is 388 g/mol. The van der Waals surface area contributed by atoms with Crippen LogP contribution in [0.25, 0.3) is 0 Å². The third-order valence-electron chi connectivity index (χ3n) is 2.95. The lowest BCUT2D eigenvalue weighted by molar-refractivity contribution is 0.601. The van der Waals surface area contributed by atoms with E-state index in [1.54, 1.807) is 0 Å². The summed E-state index contributed by atoms with van der Waals surface area (Å²) in [5, 5.41) is 0.206. The van der Waals surface area contributed by atoms with E-state index < -0.39 is 10.0 Å². The molecule has 4 nitrogen and oxygen atoms in total. The molecule has 21 heavy (non-hydrogen) atoms. The fourth-order valence-corrected chi connectivity index (χ4v) is 4.24. The van der Waals surface area contributed by atoms with E-state index in [4.69, 9.17) is 17.3 Å². The molecule has 0 aliphatic rings. The van der Waals surface area contributed by atoms with E-state index in [0.717, 1.165) is 11.1 Å². The Balaban J connectivity index is 2.44. The third-order valence-corrected chi connectivity index (χ3v) is 5.25. The maximum atomic E-state index is 12.4. The van der Waals surface area contributed by atoms with Crippen molar-refractivity contribution in [2.24, 2.45) is 0 Å². The van der Waals surface area contributed by atoms with Gasteiger partial charge in [-0.1, -0.05) is 17.7 Å². The van der Waals surface area contributed by atoms with E-state index in [1.807, 2.05) is 26.0 Å². The minimum absolute atomic E-state index is 0.0635. The van der Waals surface area contributed by atoms with Crippen molar-refractivity contribution >= 4 is 48.9 Å². The number of nitrogens with two attached hydrogens (primary N) is 1. The number of nitrogens with one attached hydrogen (secondary N) is 1. The van der Waals surface area contributed by atoms with Gasteiger partial charge in [0.05, 0.1) is 21.3 Å². The zero-order valence-electron chi connectivity index (χ0n) is 11.4. The Kier molecular flexibility index (Phi) is 4.51. The molecule has 7 heteroatoms. The molecule has 0 saturated heterocycles. The van der Waals surface area contributed by atoms with Crippen LogP contribution in [-0.2, 0) is 10.0 Å². The molecule has 0 spiro atoms. The lowest BCUT2D eigenvalue weighted by Gasteiger charge is -2.14. The SMILES string of the molecule is Cc1cc(C)c(NS(=O)(=O)c2ccc(N)c(Cl)c2)c(Br)c1. The topological polar surface area (TPSA) is 72.2 Å². The molecule has 0 aliphatic carbocycles. The van der Waals surface area contributed by atoms with Crippen LogP contribution in [-0.4, -0.2) is 8.42 Å². The van der Waals surface area contributed by atoms with E-state index in [9.17, 15) is 8.42 Å². The zero-order valence-corrected chi connectivity index (χ0v) is 14.6. The molecule has 0 radical (unpaired) electrons. The van der Waals surface area contributed by atoms with E-state index in [0.29, 0.717) is 15.8 Å². The first-order valence-corrected chi connectivity index (χ1v) is 8.71. The molecule has 0 fully saturated rings. The van der Waals surface area contributed by atoms with Gasteiger partial charge in [-0.25, -0.2) is 8.42 Å². The first kappa shape index (κ1) is 16.1. The quantitative estimate of drug-likeness (QED) is 0.776. The van der Waals surface area contributed by atoms with Crippen LogP contribution in [0.1, 0.15) is 11.1 Å². The van der Waals surface area contributed by atoms with E-state index >= 15 is 0 Å². The van der Waals surface area contributed by atoms with Gasteiger partial charge in [0, 0.05) is 4.47 Å². The largest absolute Gasteiger partial charge is 0.398 e. The predicted molar refractivity (Wildman–Crippen MR) is 90.3 cm³/mol. The number of hydrogen-bond donors (Lipinski definition) is 2. The lowest BCUT2D eigenvalue weighted by atomic mass is 10.1. The number of hydrogen-bond acceptors (Lipinski definition) is 3. The Hall–Kier alpha value is -1.24. The number of nitrogen functional groups attached to an aromatic ring is 1. The Morgan fingerprint density at radius 3 is 2.43 bits per heavy atom. The maximum Gasteiger partial charge on any atom is 0.261 e. The van der Waals surface area contributed by atoms with Gasteiger partial charge in [0.2, 0.25) is 0 Å². The first-order chi connectivity index (χ1) is 9.70. The van der Waals surface area contributed by atoms with Gasteiger partial charge in [-0.3, -0.25) is 4.72 Å². The fourth-order valence-electron chi connectivity index (χ4n) is 1.91. The summed E-state index contributed by atoms with van der Waals surface area (Å²) in [6.07, 6.45) is 0. The van der Waals surface area contributed by atoms with Crippen molar-refractivity contribution in [2.75, 3.05) is 10.5 Å². The zero-order chi connectivity index (χ0) is 15.8. The van der Waals surface area contributed by atoms with Crippen molar-refractivity contribution in [1.29, 1.82) is 0 Å². The second-order valence-corrected chi connectivity index (χ2v) is 7.67. The molecule has 0 atom stereocenters. The summed E-state index contributed by atoms with van der Waals surface area (Å²) in [5.41, 5.74) is 8.30. The molecule has 0 aliphatic heterocycles. The summed E-state index contributed by atoms with van der Waals surface area (Å²) in [4.78, 5) is 0.0635. The molecule has 0 saturated carbocycles. The molecule has 112 valence electrons. The van der Waals surface area contributed by atoms with Crippen LogP contribution < -0.4 is 10.5 Å². The average Bonchev–Trinajstić information content (AvgIpc) is 2.37. The fraction of sp³-hybridized carbons (Fsp3) is 0.143. The minimum Gasteiger partial charge on any atom is -0.398 e. The summed E-state index contributed by atoms with van der Waals surface area (Å²) in [6.45, 7) is 3.78. The van der Waals surface area contributed by atoms with E-state index in [1.165, 1.54) is 18.2 Å². The molecule has 0 amide bonds. The summed E-state index contributed by atoms with van der Waals surface area (Å²) in [7, 11) is -3.73. The van der Waals surface area contributed by atoms with E-state index in [-0.39, 0.29) is 9.92 Å². The molecule has 0 unspecified atom stereocenters. The summed E-state index contributed by atoms with van der Waals surface area (Å²) in [6, 6.07) is 7.96. The van der Waals surface area contributed by atoms with Crippen LogP contribution in [0.5, 0.6) is 0 Å². The smallest absolute Gasteiger partial charge is 0.261 e. The number of anilines is 2. The van der Waals surface area contributed by atoms with Gasteiger partial charge in [-0.15, -0.1) is 0 Å². The average molecular weight is 390 g/mol. The van der Waals surface area contributed by atoms with Gasteiger partial charge in [0.25, 0.3) is 10.0 Å². The van der Waals surface area contributed by atoms with Crippen molar-refractivity contribution in [1.82, 2.24) is 0 Å². The van der Waals surface area contributed by atoms with Crippen LogP contribution in [0.3, 0.4) is 0 Å². The standard InChI is InChI=1S/C14H14BrClN2O2S/c1-8-5-9(2)14(11(15)6-8)18-21(19,20)10-3-4-13(17)12(16)7-10/h3-7,18H,17H2,1-2H3. The van der Waals surface area contributed by atoms with Crippen molar-refractivity contribution in [3.8, 4) is 0 Å². The summed E-state index contributed by atoms with van der Waals surface area (Å²) >= 11 is 9.26. The third kappa shape index (κ3) is 3.51. The normalized spacial score (nSPS) is 11.4. The van der Waals surface area contributed by atoms with Crippen molar-refractivity contribution in [3.63, 3.8) is 0 Å². The Morgan fingerprint density at radius 1 is 1.19 bits per heavy atom. The second-order valence-electron chi connectivity index (χ2n) is 4.73. The molecule has 0 bridgehead atoms. The molecule has 2 rings (SSSR count). The number of halogens is 2. The Morgan fingerprint density at radius 2 is 1.86 bits per heavy atom. The Bertz CT molecular complexity index is 784. The number of sulfonamides is 1. The van der Waals surface area contributed by atoms with Crippen molar-refractivity contribution in [2.45, 2.75) is 18.7 Å². The molecule has 2 aromatic rings. The van der Waals surface area contributed by atoms with Crippen molar-refractivity contribution < 1.29 is 8.42 Å². The van der Waals surface area contributed by atoms with Crippen LogP contribution in [0, 0.1) is 13.8 Å². The second kappa shape index (κ2) is 5.87. The van der Waals surface area contributed by atoms with E-state index in [2.05, 4.69) is 20.7 Å². The molecular formula is C14H14BrClN2O2S. The van der Waals surface area contributed by atoms with Crippen LogP contribution in [0.2, 0.25) is 5.02 Å². The van der Waals surface area contributed by atoms with Crippen LogP contribution in [0.4, 0.5) is 11.4 Å². The van der Waals surface area contributed by atoms with Gasteiger partial charge in [0.1, 0.15) is 0 Å². The number of aryl methyl sites for hydroxylation is 2. The highest BCUT2D eigenvalue weighted by Crippen LogP contribution is 2.31. The number of rotatable bonds is 3. The first-order valence-electron chi connectivity index (χ1n) is 6.05. The summed E-state index contributed by atoms with van der Waals surface area (Å²) < 4.78 is 28.1. The molecule has 2 aromatic carbocycles. The van der Waals surface area contributed by atoms with Gasteiger partial charge in [-0.2, -0.15) is 0 Å². The van der Waals surface area contributed by atoms with Crippen molar-refractivity contribution in [3.05, 3.63) is 51.0 Å². The maximum absolute atomic E-state index is 12.4. The molecule has 0 heterocycles. The molecule has 3 N–H and O–H groups in total. The van der Waals surface area contributed by atoms with Crippen LogP contribution >= 0.6 is 27.5 Å². The number of benzene rings is 2. The minimum atomic E-state index is -3.73.